The number of anilines is 1. The van der Waals surface area contributed by atoms with Gasteiger partial charge in [-0.05, 0) is 58.0 Å². The normalized spacial score (nSPS) is 17.9. The maximum Gasteiger partial charge on any atom is 0.410 e. The number of nitrogens with one attached hydrogen (secondary N) is 1. The monoisotopic (exact) mass is 893 g/mol. The van der Waals surface area contributed by atoms with Crippen LogP contribution < -0.4 is 10.2 Å². The van der Waals surface area contributed by atoms with Crippen LogP contribution in [-0.4, -0.2) is 92.1 Å². The number of halogens is 3. The molecule has 3 saturated heterocycles. The molecule has 1 N–H and O–H groups in total. The van der Waals surface area contributed by atoms with Gasteiger partial charge in [-0.25, -0.2) is 4.79 Å². The Morgan fingerprint density at radius 2 is 1.15 bits per heavy atom. The lowest BCUT2D eigenvalue weighted by molar-refractivity contribution is -0.146. The molecule has 0 saturated carbocycles. The molecule has 5 rings (SSSR count). The van der Waals surface area contributed by atoms with Crippen LogP contribution in [0.3, 0.4) is 0 Å². The Morgan fingerprint density at radius 1 is 0.692 bits per heavy atom. The van der Waals surface area contributed by atoms with E-state index in [1.807, 2.05) is 69.3 Å². The molecule has 0 bridgehead atoms. The molecule has 0 spiro atoms. The van der Waals surface area contributed by atoms with Crippen LogP contribution >= 0.6 is 81.2 Å². The molecule has 0 aromatic heterocycles. The molecule has 11 nitrogen and oxygen atoms in total. The third kappa shape index (κ3) is 25.9. The molecular weight excluding hydrogens is 837 g/mol. The summed E-state index contributed by atoms with van der Waals surface area (Å²) in [5.74, 6) is -0.672. The SMILES string of the molecule is Brc1ccccc1.CC(=O)O[C@H]1CCN(C(=O)OC(C)(C)C)C1.CC(=O)O[C@H]1CCN(c2ccccc2)C1.CC(=O)O[C@H]1CCNC1.Cl.Cl.S.S.S. The van der Waals surface area contributed by atoms with E-state index in [1.165, 1.54) is 26.5 Å². The number of amides is 1. The number of hydrogen-bond donors (Lipinski definition) is 1. The Morgan fingerprint density at radius 3 is 1.58 bits per heavy atom. The van der Waals surface area contributed by atoms with Crippen LogP contribution in [0.15, 0.2) is 65.1 Å². The lowest BCUT2D eigenvalue weighted by Crippen LogP contribution is -2.36. The van der Waals surface area contributed by atoms with Gasteiger partial charge in [0.05, 0.1) is 13.1 Å². The van der Waals surface area contributed by atoms with Crippen molar-refractivity contribution in [3.63, 3.8) is 0 Å². The molecule has 2 aromatic rings. The summed E-state index contributed by atoms with van der Waals surface area (Å²) in [6.07, 6.45) is 2.21. The summed E-state index contributed by atoms with van der Waals surface area (Å²) in [7, 11) is 0. The fraction of sp³-hybridized carbons (Fsp3) is 0.543. The average Bonchev–Trinajstić information content (AvgIpc) is 3.77. The van der Waals surface area contributed by atoms with Crippen molar-refractivity contribution in [1.29, 1.82) is 0 Å². The number of likely N-dealkylation sites (tertiary alicyclic amines) is 1. The van der Waals surface area contributed by atoms with Gasteiger partial charge in [-0.1, -0.05) is 52.3 Å². The number of carbonyl (C=O) groups is 4. The quantitative estimate of drug-likeness (QED) is 0.256. The lowest BCUT2D eigenvalue weighted by Gasteiger charge is -2.24. The van der Waals surface area contributed by atoms with Gasteiger partial charge in [-0.15, -0.1) is 24.8 Å². The van der Waals surface area contributed by atoms with Crippen molar-refractivity contribution < 1.29 is 38.1 Å². The van der Waals surface area contributed by atoms with Gasteiger partial charge in [-0.2, -0.15) is 40.5 Å². The topological polar surface area (TPSA) is 124 Å². The van der Waals surface area contributed by atoms with Crippen LogP contribution in [0.1, 0.15) is 60.8 Å². The van der Waals surface area contributed by atoms with E-state index in [0.29, 0.717) is 19.5 Å². The second kappa shape index (κ2) is 30.3. The summed E-state index contributed by atoms with van der Waals surface area (Å²) in [6, 6.07) is 20.2. The maximum absolute atomic E-state index is 11.7. The molecule has 3 fully saturated rings. The molecule has 0 radical (unpaired) electrons. The second-order valence-electron chi connectivity index (χ2n) is 12.3. The van der Waals surface area contributed by atoms with E-state index in [4.69, 9.17) is 18.9 Å². The Kier molecular flexibility index (Phi) is 33.1. The number of benzene rings is 2. The molecule has 300 valence electrons. The molecule has 0 aliphatic carbocycles. The first-order chi connectivity index (χ1) is 22.2. The second-order valence-corrected chi connectivity index (χ2v) is 13.2. The highest BCUT2D eigenvalue weighted by atomic mass is 79.9. The van der Waals surface area contributed by atoms with Crippen molar-refractivity contribution in [3.05, 3.63) is 65.1 Å². The summed E-state index contributed by atoms with van der Waals surface area (Å²) in [5, 5.41) is 3.10. The van der Waals surface area contributed by atoms with Gasteiger partial charge in [0.25, 0.3) is 0 Å². The van der Waals surface area contributed by atoms with E-state index >= 15 is 0 Å². The zero-order valence-electron chi connectivity index (χ0n) is 30.7. The van der Waals surface area contributed by atoms with Gasteiger partial charge < -0.3 is 34.1 Å². The van der Waals surface area contributed by atoms with E-state index in [2.05, 4.69) is 38.3 Å². The van der Waals surface area contributed by atoms with Crippen molar-refractivity contribution in [3.8, 4) is 0 Å². The summed E-state index contributed by atoms with van der Waals surface area (Å²) >= 11 is 3.31. The highest BCUT2D eigenvalue weighted by Crippen LogP contribution is 2.21. The number of ether oxygens (including phenoxy) is 4. The van der Waals surface area contributed by atoms with Crippen LogP contribution in [0.25, 0.3) is 0 Å². The van der Waals surface area contributed by atoms with Crippen LogP contribution in [-0.2, 0) is 33.3 Å². The van der Waals surface area contributed by atoms with Gasteiger partial charge in [0.2, 0.25) is 0 Å². The summed E-state index contributed by atoms with van der Waals surface area (Å²) in [6.45, 7) is 14.3. The van der Waals surface area contributed by atoms with Crippen molar-refractivity contribution >= 4 is 111 Å². The van der Waals surface area contributed by atoms with E-state index in [0.717, 1.165) is 43.5 Å². The minimum Gasteiger partial charge on any atom is -0.461 e. The van der Waals surface area contributed by atoms with Crippen molar-refractivity contribution in [2.24, 2.45) is 0 Å². The van der Waals surface area contributed by atoms with E-state index in [9.17, 15) is 19.2 Å². The number of esters is 3. The number of hydrogen-bond acceptors (Lipinski definition) is 10. The zero-order chi connectivity index (χ0) is 34.8. The number of para-hydroxylation sites is 1. The average molecular weight is 896 g/mol. The predicted octanol–water partition coefficient (Wildman–Crippen LogP) is 6.93. The first kappa shape index (κ1) is 56.7. The Labute approximate surface area is 351 Å². The number of carbonyl (C=O) groups excluding carboxylic acids is 4. The summed E-state index contributed by atoms with van der Waals surface area (Å²) < 4.78 is 21.5. The van der Waals surface area contributed by atoms with Gasteiger partial charge in [0, 0.05) is 63.4 Å². The molecular formula is C35H58BrCl2N3O8S3. The van der Waals surface area contributed by atoms with E-state index < -0.39 is 5.60 Å². The highest BCUT2D eigenvalue weighted by molar-refractivity contribution is 9.10. The van der Waals surface area contributed by atoms with Gasteiger partial charge in [0.15, 0.2) is 0 Å². The van der Waals surface area contributed by atoms with Crippen LogP contribution in [0.4, 0.5) is 10.5 Å². The third-order valence-corrected chi connectivity index (χ3v) is 7.34. The number of nitrogens with zero attached hydrogens (tertiary/aromatic N) is 2. The Bertz CT molecular complexity index is 1260. The van der Waals surface area contributed by atoms with Crippen molar-refractivity contribution in [1.82, 2.24) is 10.2 Å². The van der Waals surface area contributed by atoms with Gasteiger partial charge >= 0.3 is 24.0 Å². The molecule has 2 aromatic carbocycles. The molecule has 52 heavy (non-hydrogen) atoms. The van der Waals surface area contributed by atoms with Crippen molar-refractivity contribution in [2.75, 3.05) is 44.2 Å². The molecule has 3 atom stereocenters. The third-order valence-electron chi connectivity index (χ3n) is 6.81. The summed E-state index contributed by atoms with van der Waals surface area (Å²) in [4.78, 5) is 47.4. The Balaban J connectivity index is -0.000000298. The molecule has 17 heteroatoms. The van der Waals surface area contributed by atoms with Crippen LogP contribution in [0, 0.1) is 0 Å². The van der Waals surface area contributed by atoms with Gasteiger partial charge in [0.1, 0.15) is 23.9 Å². The minimum absolute atomic E-state index is 0. The predicted molar refractivity (Wildman–Crippen MR) is 230 cm³/mol. The molecule has 0 unspecified atom stereocenters. The Hall–Kier alpha value is -2.01. The van der Waals surface area contributed by atoms with Crippen LogP contribution in [0.5, 0.6) is 0 Å². The minimum atomic E-state index is -0.489. The van der Waals surface area contributed by atoms with Crippen LogP contribution in [0.2, 0.25) is 0 Å². The lowest BCUT2D eigenvalue weighted by atomic mass is 10.2. The first-order valence-electron chi connectivity index (χ1n) is 15.9. The van der Waals surface area contributed by atoms with E-state index in [-0.39, 0.29) is 108 Å². The standard InChI is InChI=1S/C12H15NO2.C11H19NO4.C6H5Br.C6H11NO2.2ClH.3H2S/c1-10(14)15-12-7-8-13(9-12)11-5-3-2-4-6-11;1-8(13)15-9-5-6-12(7-9)10(14)16-11(2,3)4;7-6-4-2-1-3-5-6;1-5(8)9-6-2-3-7-4-6;;;;;/h2-6,12H,7-9H2,1H3;9H,5-7H2,1-4H3;1-5H;6-7H,2-4H2,1H3;2*1H;3*1H2/t12-;9-;;6-;;;;;/m00.0...../s1. The zero-order valence-corrected chi connectivity index (χ0v) is 36.9. The molecule has 1 amide bonds. The highest BCUT2D eigenvalue weighted by Gasteiger charge is 2.31. The fourth-order valence-electron chi connectivity index (χ4n) is 4.86. The molecule has 3 heterocycles. The largest absolute Gasteiger partial charge is 0.461 e. The fourth-order valence-corrected chi connectivity index (χ4v) is 5.17. The number of rotatable bonds is 4. The van der Waals surface area contributed by atoms with E-state index in [1.54, 1.807) is 4.90 Å². The smallest absolute Gasteiger partial charge is 0.410 e. The molecule has 3 aliphatic rings. The first-order valence-corrected chi connectivity index (χ1v) is 16.7. The van der Waals surface area contributed by atoms with Crippen molar-refractivity contribution in [2.45, 2.75) is 84.7 Å². The summed E-state index contributed by atoms with van der Waals surface area (Å²) in [5.41, 5.74) is 0.712. The molecule has 3 aliphatic heterocycles. The van der Waals surface area contributed by atoms with Gasteiger partial charge in [-0.3, -0.25) is 14.4 Å². The maximum atomic E-state index is 11.7.